The van der Waals surface area contributed by atoms with E-state index >= 15 is 0 Å². The van der Waals surface area contributed by atoms with Gasteiger partial charge in [0.05, 0.1) is 0 Å². The van der Waals surface area contributed by atoms with Crippen LogP contribution in [0.2, 0.25) is 0 Å². The van der Waals surface area contributed by atoms with Crippen LogP contribution >= 0.6 is 0 Å². The Kier molecular flexibility index (Phi) is 10.3. The number of hydrogen-bond acceptors (Lipinski definition) is 3. The first-order valence-electron chi connectivity index (χ1n) is 7.72. The Hall–Kier alpha value is -0.820. The van der Waals surface area contributed by atoms with Crippen LogP contribution in [0.15, 0.2) is 12.7 Å². The second kappa shape index (κ2) is 12.0. The summed E-state index contributed by atoms with van der Waals surface area (Å²) in [6.07, 6.45) is 10.3. The zero-order valence-corrected chi connectivity index (χ0v) is 12.7. The number of hydrogen-bond donors (Lipinski definition) is 0. The third-order valence-corrected chi connectivity index (χ3v) is 3.32. The summed E-state index contributed by atoms with van der Waals surface area (Å²) >= 11 is 0. The molecule has 0 aromatic carbocycles. The summed E-state index contributed by atoms with van der Waals surface area (Å²) < 4.78 is 16.5. The fourth-order valence-corrected chi connectivity index (χ4v) is 2.08. The molecule has 0 N–H and O–H groups in total. The summed E-state index contributed by atoms with van der Waals surface area (Å²) in [6.45, 7) is 5.33. The highest BCUT2D eigenvalue weighted by Gasteiger charge is 2.13. The Morgan fingerprint density at radius 1 is 1.40 bits per heavy atom. The minimum absolute atomic E-state index is 0.0339. The van der Waals surface area contributed by atoms with Crippen molar-refractivity contribution in [2.45, 2.75) is 63.8 Å². The van der Waals surface area contributed by atoms with Gasteiger partial charge in [0.15, 0.2) is 6.29 Å². The first-order chi connectivity index (χ1) is 9.86. The normalized spacial score (nSPS) is 19.9. The summed E-state index contributed by atoms with van der Waals surface area (Å²) in [6, 6.07) is 0. The second-order valence-electron chi connectivity index (χ2n) is 5.04. The standard InChI is InChI=1S/C17H28O3/c1-3-4-11-16(18-2)12-7-5-6-9-14-19-17-13-8-10-15-20-17/h3,16-17H,1,4-6,8-11,13-15H2,2H3. The Morgan fingerprint density at radius 2 is 2.30 bits per heavy atom. The zero-order valence-electron chi connectivity index (χ0n) is 12.7. The molecule has 1 saturated heterocycles. The molecule has 0 aromatic rings. The van der Waals surface area contributed by atoms with Gasteiger partial charge in [0, 0.05) is 26.7 Å². The summed E-state index contributed by atoms with van der Waals surface area (Å²) in [4.78, 5) is 0. The van der Waals surface area contributed by atoms with Crippen molar-refractivity contribution < 1.29 is 14.2 Å². The second-order valence-corrected chi connectivity index (χ2v) is 5.04. The van der Waals surface area contributed by atoms with Gasteiger partial charge < -0.3 is 14.2 Å². The lowest BCUT2D eigenvalue weighted by Gasteiger charge is -2.22. The molecule has 0 spiro atoms. The van der Waals surface area contributed by atoms with E-state index in [1.54, 1.807) is 7.11 Å². The molecule has 2 atom stereocenters. The third-order valence-electron chi connectivity index (χ3n) is 3.32. The van der Waals surface area contributed by atoms with Crippen LogP contribution in [0.5, 0.6) is 0 Å². The van der Waals surface area contributed by atoms with Gasteiger partial charge in [0.25, 0.3) is 0 Å². The lowest BCUT2D eigenvalue weighted by molar-refractivity contribution is -0.162. The van der Waals surface area contributed by atoms with Gasteiger partial charge >= 0.3 is 0 Å². The number of methoxy groups -OCH3 is 1. The molecule has 0 saturated carbocycles. The maximum atomic E-state index is 5.68. The van der Waals surface area contributed by atoms with Crippen molar-refractivity contribution in [2.24, 2.45) is 0 Å². The van der Waals surface area contributed by atoms with Crippen LogP contribution in [0.4, 0.5) is 0 Å². The molecule has 0 bridgehead atoms. The monoisotopic (exact) mass is 280 g/mol. The fourth-order valence-electron chi connectivity index (χ4n) is 2.08. The van der Waals surface area contributed by atoms with E-state index in [4.69, 9.17) is 14.2 Å². The number of rotatable bonds is 9. The van der Waals surface area contributed by atoms with Gasteiger partial charge in [-0.1, -0.05) is 12.0 Å². The molecule has 1 fully saturated rings. The Morgan fingerprint density at radius 3 is 3.00 bits per heavy atom. The van der Waals surface area contributed by atoms with Crippen LogP contribution in [-0.4, -0.2) is 32.7 Å². The van der Waals surface area contributed by atoms with Crippen molar-refractivity contribution in [1.29, 1.82) is 0 Å². The van der Waals surface area contributed by atoms with E-state index in [2.05, 4.69) is 18.4 Å². The third kappa shape index (κ3) is 8.37. The van der Waals surface area contributed by atoms with Crippen LogP contribution in [0.1, 0.15) is 51.4 Å². The van der Waals surface area contributed by atoms with Crippen molar-refractivity contribution in [3.63, 3.8) is 0 Å². The van der Waals surface area contributed by atoms with Crippen LogP contribution in [0.3, 0.4) is 0 Å². The van der Waals surface area contributed by atoms with Crippen LogP contribution in [0.25, 0.3) is 0 Å². The van der Waals surface area contributed by atoms with Crippen molar-refractivity contribution >= 4 is 0 Å². The Balaban J connectivity index is 1.99. The largest absolute Gasteiger partial charge is 0.369 e. The average Bonchev–Trinajstić information content (AvgIpc) is 2.50. The van der Waals surface area contributed by atoms with E-state index in [0.29, 0.717) is 0 Å². The van der Waals surface area contributed by atoms with E-state index in [9.17, 15) is 0 Å². The SMILES string of the molecule is C=CCCC(C#CCCCCOC1CCCCO1)OC. The highest BCUT2D eigenvalue weighted by molar-refractivity contribution is 5.05. The van der Waals surface area contributed by atoms with E-state index < -0.39 is 0 Å². The number of allylic oxidation sites excluding steroid dienone is 1. The summed E-state index contributed by atoms with van der Waals surface area (Å²) in [7, 11) is 1.71. The molecule has 0 radical (unpaired) electrons. The van der Waals surface area contributed by atoms with Crippen molar-refractivity contribution in [1.82, 2.24) is 0 Å². The van der Waals surface area contributed by atoms with Gasteiger partial charge in [0.1, 0.15) is 6.10 Å². The zero-order chi connectivity index (χ0) is 14.5. The quantitative estimate of drug-likeness (QED) is 0.366. The van der Waals surface area contributed by atoms with Gasteiger partial charge in [-0.15, -0.1) is 12.5 Å². The molecule has 1 aliphatic heterocycles. The molecule has 1 heterocycles. The molecule has 20 heavy (non-hydrogen) atoms. The molecular formula is C17H28O3. The van der Waals surface area contributed by atoms with Crippen molar-refractivity contribution in [3.8, 4) is 11.8 Å². The fraction of sp³-hybridized carbons (Fsp3) is 0.765. The van der Waals surface area contributed by atoms with Crippen LogP contribution in [-0.2, 0) is 14.2 Å². The smallest absolute Gasteiger partial charge is 0.157 e. The highest BCUT2D eigenvalue weighted by Crippen LogP contribution is 2.14. The predicted molar refractivity (Wildman–Crippen MR) is 81.4 cm³/mol. The number of unbranched alkanes of at least 4 members (excludes halogenated alkanes) is 2. The van der Waals surface area contributed by atoms with Crippen LogP contribution in [0, 0.1) is 11.8 Å². The summed E-state index contributed by atoms with van der Waals surface area (Å²) in [5.74, 6) is 6.35. The molecule has 3 heteroatoms. The van der Waals surface area contributed by atoms with E-state index in [1.807, 2.05) is 6.08 Å². The molecule has 1 rings (SSSR count). The van der Waals surface area contributed by atoms with Gasteiger partial charge in [-0.05, 0) is 44.9 Å². The molecular weight excluding hydrogens is 252 g/mol. The van der Waals surface area contributed by atoms with Crippen molar-refractivity contribution in [2.75, 3.05) is 20.3 Å². The molecule has 3 nitrogen and oxygen atoms in total. The topological polar surface area (TPSA) is 27.7 Å². The van der Waals surface area contributed by atoms with Gasteiger partial charge in [-0.3, -0.25) is 0 Å². The molecule has 0 aromatic heterocycles. The Bertz CT molecular complexity index is 297. The minimum Gasteiger partial charge on any atom is -0.369 e. The molecule has 2 unspecified atom stereocenters. The van der Waals surface area contributed by atoms with E-state index in [-0.39, 0.29) is 12.4 Å². The highest BCUT2D eigenvalue weighted by atomic mass is 16.7. The maximum Gasteiger partial charge on any atom is 0.157 e. The molecule has 0 amide bonds. The van der Waals surface area contributed by atoms with Gasteiger partial charge in [0.2, 0.25) is 0 Å². The number of ether oxygens (including phenoxy) is 3. The van der Waals surface area contributed by atoms with E-state index in [1.165, 1.54) is 12.8 Å². The van der Waals surface area contributed by atoms with Crippen molar-refractivity contribution in [3.05, 3.63) is 12.7 Å². The molecule has 114 valence electrons. The Labute approximate surface area is 123 Å². The summed E-state index contributed by atoms with van der Waals surface area (Å²) in [5, 5.41) is 0. The lowest BCUT2D eigenvalue weighted by atomic mass is 10.2. The first kappa shape index (κ1) is 17.2. The average molecular weight is 280 g/mol. The van der Waals surface area contributed by atoms with Gasteiger partial charge in [-0.25, -0.2) is 0 Å². The molecule has 1 aliphatic rings. The predicted octanol–water partition coefficient (Wildman–Crippen LogP) is 3.68. The van der Waals surface area contributed by atoms with Crippen LogP contribution < -0.4 is 0 Å². The maximum absolute atomic E-state index is 5.68. The lowest BCUT2D eigenvalue weighted by Crippen LogP contribution is -2.22. The minimum atomic E-state index is 0.0339. The van der Waals surface area contributed by atoms with Gasteiger partial charge in [-0.2, -0.15) is 0 Å². The summed E-state index contributed by atoms with van der Waals surface area (Å²) in [5.41, 5.74) is 0. The molecule has 0 aliphatic carbocycles. The van der Waals surface area contributed by atoms with E-state index in [0.717, 1.165) is 51.7 Å². The first-order valence-corrected chi connectivity index (χ1v) is 7.72.